The number of carbonyl (C=O) groups excluding carboxylic acids is 1. The number of hydrogen-bond acceptors (Lipinski definition) is 4. The normalized spacial score (nSPS) is 9.32. The van der Waals surface area contributed by atoms with E-state index in [2.05, 4.69) is 21.2 Å². The second-order valence-corrected chi connectivity index (χ2v) is 4.34. The summed E-state index contributed by atoms with van der Waals surface area (Å²) in [7, 11) is 1.82. The number of nitrogens with zero attached hydrogens (tertiary/aromatic N) is 1. The highest BCUT2D eigenvalue weighted by atomic mass is 79.9. The van der Waals surface area contributed by atoms with Crippen molar-refractivity contribution in [1.82, 2.24) is 21.2 Å². The Morgan fingerprint density at radius 3 is 2.36 bits per heavy atom. The molecule has 1 heterocycles. The lowest BCUT2D eigenvalue weighted by molar-refractivity contribution is 0.0951. The first kappa shape index (κ1) is 20.7. The van der Waals surface area contributed by atoms with E-state index < -0.39 is 0 Å². The molecule has 7 heteroatoms. The third-order valence-electron chi connectivity index (χ3n) is 2.86. The highest BCUT2D eigenvalue weighted by Gasteiger charge is 2.05. The van der Waals surface area contributed by atoms with E-state index in [1.807, 2.05) is 43.4 Å². The van der Waals surface area contributed by atoms with E-state index in [1.165, 1.54) is 0 Å². The molecule has 120 valence electrons. The second kappa shape index (κ2) is 11.3. The summed E-state index contributed by atoms with van der Waals surface area (Å²) in [6.07, 6.45) is 3.45. The van der Waals surface area contributed by atoms with Gasteiger partial charge in [-0.1, -0.05) is 18.2 Å². The predicted molar refractivity (Wildman–Crippen MR) is 98.4 cm³/mol. The first-order chi connectivity index (χ1) is 9.79. The average Bonchev–Trinajstić information content (AvgIpc) is 2.52. The van der Waals surface area contributed by atoms with Crippen LogP contribution in [0, 0.1) is 0 Å². The fraction of sp³-hybridized carbons (Fsp3) is 0.200. The van der Waals surface area contributed by atoms with Gasteiger partial charge < -0.3 is 5.32 Å². The van der Waals surface area contributed by atoms with Crippen molar-refractivity contribution in [2.45, 2.75) is 13.1 Å². The highest BCUT2D eigenvalue weighted by Crippen LogP contribution is 2.05. The molecule has 1 aromatic heterocycles. The van der Waals surface area contributed by atoms with Crippen LogP contribution < -0.4 is 16.2 Å². The fourth-order valence-electron chi connectivity index (χ4n) is 1.75. The minimum atomic E-state index is -0.0815. The number of carbonyl (C=O) groups is 1. The van der Waals surface area contributed by atoms with E-state index in [0.717, 1.165) is 11.1 Å². The van der Waals surface area contributed by atoms with Gasteiger partial charge >= 0.3 is 0 Å². The number of benzene rings is 1. The molecular formula is C15H20Br2N4O. The van der Waals surface area contributed by atoms with Crippen molar-refractivity contribution in [3.8, 4) is 0 Å². The third-order valence-corrected chi connectivity index (χ3v) is 2.86. The smallest absolute Gasteiger partial charge is 0.251 e. The van der Waals surface area contributed by atoms with Gasteiger partial charge in [0.05, 0.1) is 0 Å². The quantitative estimate of drug-likeness (QED) is 0.614. The van der Waals surface area contributed by atoms with Gasteiger partial charge in [-0.2, -0.15) is 0 Å². The number of hydrazine groups is 1. The topological polar surface area (TPSA) is 66.0 Å². The lowest BCUT2D eigenvalue weighted by atomic mass is 10.1. The van der Waals surface area contributed by atoms with Gasteiger partial charge in [0.25, 0.3) is 5.91 Å². The third kappa shape index (κ3) is 6.65. The molecule has 3 N–H and O–H groups in total. The molecule has 0 aliphatic heterocycles. The molecule has 5 nitrogen and oxygen atoms in total. The lowest BCUT2D eigenvalue weighted by Gasteiger charge is -2.07. The Morgan fingerprint density at radius 1 is 1.05 bits per heavy atom. The molecule has 1 amide bonds. The van der Waals surface area contributed by atoms with E-state index in [1.54, 1.807) is 12.4 Å². The first-order valence-corrected chi connectivity index (χ1v) is 6.45. The summed E-state index contributed by atoms with van der Waals surface area (Å²) in [4.78, 5) is 16.0. The Hall–Kier alpha value is -1.28. The van der Waals surface area contributed by atoms with Gasteiger partial charge in [0, 0.05) is 31.0 Å². The van der Waals surface area contributed by atoms with Crippen molar-refractivity contribution >= 4 is 39.9 Å². The van der Waals surface area contributed by atoms with Crippen LogP contribution in [0.25, 0.3) is 0 Å². The first-order valence-electron chi connectivity index (χ1n) is 6.45. The highest BCUT2D eigenvalue weighted by molar-refractivity contribution is 8.93. The van der Waals surface area contributed by atoms with Crippen LogP contribution in [0.5, 0.6) is 0 Å². The van der Waals surface area contributed by atoms with Gasteiger partial charge in [-0.3, -0.25) is 20.6 Å². The van der Waals surface area contributed by atoms with Gasteiger partial charge in [0.15, 0.2) is 0 Å². The van der Waals surface area contributed by atoms with Crippen molar-refractivity contribution in [3.05, 3.63) is 65.5 Å². The number of rotatable bonds is 6. The molecule has 0 aliphatic carbocycles. The molecule has 2 aromatic rings. The maximum absolute atomic E-state index is 12.0. The van der Waals surface area contributed by atoms with E-state index in [0.29, 0.717) is 18.7 Å². The number of aromatic nitrogens is 1. The zero-order chi connectivity index (χ0) is 14.2. The monoisotopic (exact) mass is 430 g/mol. The van der Waals surface area contributed by atoms with Crippen LogP contribution in [-0.2, 0) is 13.1 Å². The molecule has 0 saturated carbocycles. The summed E-state index contributed by atoms with van der Waals surface area (Å²) < 4.78 is 0. The van der Waals surface area contributed by atoms with E-state index in [4.69, 9.17) is 0 Å². The Bertz CT molecular complexity index is 549. The van der Waals surface area contributed by atoms with Gasteiger partial charge in [0.1, 0.15) is 0 Å². The van der Waals surface area contributed by atoms with Crippen LogP contribution in [0.2, 0.25) is 0 Å². The maximum Gasteiger partial charge on any atom is 0.251 e. The lowest BCUT2D eigenvalue weighted by Crippen LogP contribution is -2.26. The molecule has 0 fully saturated rings. The number of amides is 1. The Balaban J connectivity index is 0.00000220. The van der Waals surface area contributed by atoms with Gasteiger partial charge in [-0.05, 0) is 36.4 Å². The number of halogens is 2. The molecule has 0 unspecified atom stereocenters. The zero-order valence-corrected chi connectivity index (χ0v) is 15.6. The van der Waals surface area contributed by atoms with Gasteiger partial charge in [0.2, 0.25) is 0 Å². The minimum absolute atomic E-state index is 0. The van der Waals surface area contributed by atoms with Crippen molar-refractivity contribution in [1.29, 1.82) is 0 Å². The van der Waals surface area contributed by atoms with Crippen LogP contribution in [0.4, 0.5) is 0 Å². The summed E-state index contributed by atoms with van der Waals surface area (Å²) in [6.45, 7) is 1.20. The summed E-state index contributed by atoms with van der Waals surface area (Å²) in [5.41, 5.74) is 8.61. The van der Waals surface area contributed by atoms with E-state index in [-0.39, 0.29) is 39.9 Å². The zero-order valence-electron chi connectivity index (χ0n) is 12.2. The number of pyridine rings is 1. The summed E-state index contributed by atoms with van der Waals surface area (Å²) in [5.74, 6) is -0.0815. The van der Waals surface area contributed by atoms with Crippen LogP contribution in [0.1, 0.15) is 21.5 Å². The number of nitrogens with one attached hydrogen (secondary N) is 3. The Morgan fingerprint density at radius 2 is 1.77 bits per heavy atom. The summed E-state index contributed by atoms with van der Waals surface area (Å²) in [5, 5.41) is 2.87. The van der Waals surface area contributed by atoms with Crippen LogP contribution in [-0.4, -0.2) is 17.9 Å². The van der Waals surface area contributed by atoms with Crippen molar-refractivity contribution in [3.63, 3.8) is 0 Å². The fourth-order valence-corrected chi connectivity index (χ4v) is 1.75. The SMILES string of the molecule is Br.Br.CNNCc1ccc(C(=O)NCc2cccnc2)cc1. The molecule has 1 aromatic carbocycles. The van der Waals surface area contributed by atoms with Crippen LogP contribution in [0.15, 0.2) is 48.8 Å². The Labute approximate surface area is 151 Å². The number of hydrogen-bond donors (Lipinski definition) is 3. The standard InChI is InChI=1S/C15H18N4O.2BrH/c1-16-19-11-12-4-6-14(7-5-12)15(20)18-10-13-3-2-8-17-9-13;;/h2-9,16,19H,10-11H2,1H3,(H,18,20);2*1H. The molecule has 0 saturated heterocycles. The summed E-state index contributed by atoms with van der Waals surface area (Å²) in [6, 6.07) is 11.3. The largest absolute Gasteiger partial charge is 0.348 e. The molecular weight excluding hydrogens is 412 g/mol. The van der Waals surface area contributed by atoms with Gasteiger partial charge in [-0.15, -0.1) is 34.0 Å². The molecule has 0 aliphatic rings. The van der Waals surface area contributed by atoms with E-state index >= 15 is 0 Å². The van der Waals surface area contributed by atoms with Crippen molar-refractivity contribution in [2.75, 3.05) is 7.05 Å². The van der Waals surface area contributed by atoms with Crippen LogP contribution >= 0.6 is 34.0 Å². The van der Waals surface area contributed by atoms with Crippen molar-refractivity contribution in [2.24, 2.45) is 0 Å². The van der Waals surface area contributed by atoms with Crippen molar-refractivity contribution < 1.29 is 4.79 Å². The predicted octanol–water partition coefficient (Wildman–Crippen LogP) is 2.39. The molecule has 22 heavy (non-hydrogen) atoms. The van der Waals surface area contributed by atoms with Crippen LogP contribution in [0.3, 0.4) is 0 Å². The molecule has 2 rings (SSSR count). The maximum atomic E-state index is 12.0. The van der Waals surface area contributed by atoms with Gasteiger partial charge in [-0.25, -0.2) is 0 Å². The summed E-state index contributed by atoms with van der Waals surface area (Å²) >= 11 is 0. The molecule has 0 radical (unpaired) electrons. The Kier molecular flexibility index (Phi) is 10.7. The molecule has 0 spiro atoms. The van der Waals surface area contributed by atoms with E-state index in [9.17, 15) is 4.79 Å². The minimum Gasteiger partial charge on any atom is -0.348 e. The molecule has 0 atom stereocenters. The second-order valence-electron chi connectivity index (χ2n) is 4.34. The average molecular weight is 432 g/mol. The molecule has 0 bridgehead atoms.